The van der Waals surface area contributed by atoms with E-state index in [0.717, 1.165) is 12.1 Å². The number of allylic oxidation sites excluding steroid dienone is 9. The Balaban J connectivity index is 1.90. The largest absolute Gasteiger partial charge is 0.220 e. The fourth-order valence-electron chi connectivity index (χ4n) is 4.74. The Labute approximate surface area is 167 Å². The third kappa shape index (κ3) is 3.39. The second-order valence-electron chi connectivity index (χ2n) is 9.17. The molecule has 0 aromatic carbocycles. The molecular formula is C23H30IN. The lowest BCUT2D eigenvalue weighted by molar-refractivity contribution is 0.201. The number of hydrogen-bond donors (Lipinski definition) is 0. The van der Waals surface area contributed by atoms with Crippen molar-refractivity contribution < 1.29 is 0 Å². The van der Waals surface area contributed by atoms with Crippen LogP contribution in [0.25, 0.3) is 0 Å². The summed E-state index contributed by atoms with van der Waals surface area (Å²) in [7, 11) is 0. The topological polar surface area (TPSA) is 12.4 Å². The Bertz CT molecular complexity index is 713. The number of hydrogen-bond acceptors (Lipinski definition) is 1. The van der Waals surface area contributed by atoms with Crippen molar-refractivity contribution in [3.63, 3.8) is 0 Å². The van der Waals surface area contributed by atoms with Crippen LogP contribution in [0.2, 0.25) is 0 Å². The molecule has 0 aromatic heterocycles. The molecule has 0 amide bonds. The van der Waals surface area contributed by atoms with Crippen molar-refractivity contribution in [1.82, 2.24) is 0 Å². The minimum absolute atomic E-state index is 0.152. The van der Waals surface area contributed by atoms with Gasteiger partial charge in [0.1, 0.15) is 0 Å². The lowest BCUT2D eigenvalue weighted by Gasteiger charge is -2.40. The summed E-state index contributed by atoms with van der Waals surface area (Å²) in [5.74, 6) is 2.32. The van der Waals surface area contributed by atoms with Gasteiger partial charge < -0.3 is 0 Å². The second-order valence-corrected chi connectivity index (χ2v) is 9.65. The average molecular weight is 447 g/mol. The molecule has 0 bridgehead atoms. The van der Waals surface area contributed by atoms with Crippen LogP contribution in [0, 0.1) is 34.5 Å². The minimum Gasteiger partial charge on any atom is -0.220 e. The first-order valence-corrected chi connectivity index (χ1v) is 10.3. The van der Waals surface area contributed by atoms with Crippen LogP contribution in [0.1, 0.15) is 41.0 Å². The standard InChI is InChI=1S/C23H30IN/c1-7-19(25-24)14-23(6)13-17-9-8-16-12-18(22(3,4)5)10-11-20(16)21(17)15(23)2/h7-13,15-16,20-21H,1,14H2,2-6H3/t15-,16?,20?,21?,23?/m1/s1. The molecule has 0 saturated heterocycles. The summed E-state index contributed by atoms with van der Waals surface area (Å²) < 4.78 is 4.38. The van der Waals surface area contributed by atoms with Crippen molar-refractivity contribution >= 4 is 28.6 Å². The average Bonchev–Trinajstić information content (AvgIpc) is 2.82. The molecule has 134 valence electrons. The molecule has 0 heterocycles. The molecule has 1 nitrogen and oxygen atoms in total. The molecule has 25 heavy (non-hydrogen) atoms. The highest BCUT2D eigenvalue weighted by Crippen LogP contribution is 2.55. The number of nitrogens with zero attached hydrogens (tertiary/aromatic N) is 1. The van der Waals surface area contributed by atoms with Gasteiger partial charge in [0, 0.05) is 11.6 Å². The van der Waals surface area contributed by atoms with E-state index in [1.54, 1.807) is 0 Å². The van der Waals surface area contributed by atoms with E-state index in [1.807, 2.05) is 6.08 Å². The molecule has 3 aliphatic carbocycles. The monoisotopic (exact) mass is 447 g/mol. The van der Waals surface area contributed by atoms with E-state index >= 15 is 0 Å². The van der Waals surface area contributed by atoms with Crippen molar-refractivity contribution in [2.24, 2.45) is 37.7 Å². The van der Waals surface area contributed by atoms with Crippen LogP contribution in [0.3, 0.4) is 0 Å². The molecule has 5 atom stereocenters. The van der Waals surface area contributed by atoms with Gasteiger partial charge in [0.15, 0.2) is 0 Å². The first kappa shape index (κ1) is 18.9. The third-order valence-electron chi connectivity index (χ3n) is 6.47. The van der Waals surface area contributed by atoms with Gasteiger partial charge in [0.05, 0.1) is 22.9 Å². The van der Waals surface area contributed by atoms with Gasteiger partial charge in [0.2, 0.25) is 0 Å². The van der Waals surface area contributed by atoms with Crippen molar-refractivity contribution in [1.29, 1.82) is 0 Å². The van der Waals surface area contributed by atoms with Crippen molar-refractivity contribution in [3.8, 4) is 0 Å². The van der Waals surface area contributed by atoms with Crippen LogP contribution in [-0.4, -0.2) is 5.71 Å². The van der Waals surface area contributed by atoms with Crippen LogP contribution in [-0.2, 0) is 0 Å². The molecular weight excluding hydrogens is 417 g/mol. The Morgan fingerprint density at radius 1 is 1.32 bits per heavy atom. The maximum absolute atomic E-state index is 4.38. The summed E-state index contributed by atoms with van der Waals surface area (Å²) in [6.07, 6.45) is 17.6. The van der Waals surface area contributed by atoms with Gasteiger partial charge in [-0.15, -0.1) is 0 Å². The molecule has 0 N–H and O–H groups in total. The fourth-order valence-corrected chi connectivity index (χ4v) is 5.11. The molecule has 3 rings (SSSR count). The zero-order valence-electron chi connectivity index (χ0n) is 16.1. The normalized spacial score (nSPS) is 37.3. The summed E-state index contributed by atoms with van der Waals surface area (Å²) in [6.45, 7) is 15.7. The summed E-state index contributed by atoms with van der Waals surface area (Å²) in [4.78, 5) is 0. The van der Waals surface area contributed by atoms with Gasteiger partial charge in [-0.3, -0.25) is 0 Å². The lowest BCUT2D eigenvalue weighted by atomic mass is 9.64. The highest BCUT2D eigenvalue weighted by atomic mass is 127. The van der Waals surface area contributed by atoms with E-state index in [1.165, 1.54) is 11.1 Å². The van der Waals surface area contributed by atoms with E-state index < -0.39 is 0 Å². The highest BCUT2D eigenvalue weighted by Gasteiger charge is 2.47. The molecule has 4 unspecified atom stereocenters. The number of halogens is 1. The Morgan fingerprint density at radius 2 is 2.04 bits per heavy atom. The molecule has 0 spiro atoms. The lowest BCUT2D eigenvalue weighted by Crippen LogP contribution is -2.34. The molecule has 3 aliphatic rings. The Kier molecular flexibility index (Phi) is 5.04. The van der Waals surface area contributed by atoms with Crippen LogP contribution in [0.4, 0.5) is 0 Å². The first-order valence-electron chi connectivity index (χ1n) is 9.31. The number of fused-ring (bicyclic) bond motifs is 3. The van der Waals surface area contributed by atoms with E-state index in [9.17, 15) is 0 Å². The summed E-state index contributed by atoms with van der Waals surface area (Å²) in [5, 5.41) is 0. The third-order valence-corrected chi connectivity index (χ3v) is 7.09. The molecule has 0 aromatic rings. The first-order chi connectivity index (χ1) is 11.7. The zero-order valence-corrected chi connectivity index (χ0v) is 18.2. The maximum Gasteiger partial charge on any atom is 0.0834 e. The molecule has 0 aliphatic heterocycles. The van der Waals surface area contributed by atoms with Gasteiger partial charge >= 0.3 is 0 Å². The Hall–Kier alpha value is -0.900. The second kappa shape index (κ2) is 6.68. The van der Waals surface area contributed by atoms with Gasteiger partial charge in [0.25, 0.3) is 0 Å². The van der Waals surface area contributed by atoms with Crippen molar-refractivity contribution in [2.75, 3.05) is 0 Å². The molecule has 0 radical (unpaired) electrons. The van der Waals surface area contributed by atoms with Crippen LogP contribution >= 0.6 is 22.9 Å². The summed E-state index contributed by atoms with van der Waals surface area (Å²) in [5.41, 5.74) is 4.45. The Morgan fingerprint density at radius 3 is 2.64 bits per heavy atom. The predicted octanol–water partition coefficient (Wildman–Crippen LogP) is 6.90. The summed E-state index contributed by atoms with van der Waals surface area (Å²) in [6, 6.07) is 0. The van der Waals surface area contributed by atoms with Crippen LogP contribution < -0.4 is 0 Å². The van der Waals surface area contributed by atoms with Gasteiger partial charge in [-0.2, -0.15) is 0 Å². The van der Waals surface area contributed by atoms with E-state index in [0.29, 0.717) is 23.7 Å². The van der Waals surface area contributed by atoms with Gasteiger partial charge in [-0.1, -0.05) is 77.7 Å². The number of rotatable bonds is 3. The SMILES string of the molecule is C=CC(CC1(C)C=C2C=CC3C=C(C(C)(C)C)C=CC3C2[C@H]1C)=NI. The quantitative estimate of drug-likeness (QED) is 0.330. The maximum atomic E-state index is 4.38. The van der Waals surface area contributed by atoms with Crippen molar-refractivity contribution in [3.05, 3.63) is 60.3 Å². The van der Waals surface area contributed by atoms with E-state index in [4.69, 9.17) is 0 Å². The van der Waals surface area contributed by atoms with E-state index in [-0.39, 0.29) is 10.8 Å². The van der Waals surface area contributed by atoms with Crippen LogP contribution in [0.5, 0.6) is 0 Å². The van der Waals surface area contributed by atoms with Gasteiger partial charge in [-0.05, 0) is 52.2 Å². The van der Waals surface area contributed by atoms with Gasteiger partial charge in [-0.25, -0.2) is 3.21 Å². The zero-order chi connectivity index (χ0) is 18.4. The highest BCUT2D eigenvalue weighted by molar-refractivity contribution is 14.1. The van der Waals surface area contributed by atoms with Crippen molar-refractivity contribution in [2.45, 2.75) is 41.0 Å². The van der Waals surface area contributed by atoms with Crippen LogP contribution in [0.15, 0.2) is 63.5 Å². The van der Waals surface area contributed by atoms with E-state index in [2.05, 4.69) is 104 Å². The summed E-state index contributed by atoms with van der Waals surface area (Å²) >= 11 is 2.09. The smallest absolute Gasteiger partial charge is 0.0834 e. The molecule has 0 fully saturated rings. The minimum atomic E-state index is 0.152. The fraction of sp³-hybridized carbons (Fsp3) is 0.522. The predicted molar refractivity (Wildman–Crippen MR) is 118 cm³/mol. The molecule has 2 heteroatoms. The molecule has 0 saturated carbocycles.